The Kier molecular flexibility index (Phi) is 5.96. The van der Waals surface area contributed by atoms with Gasteiger partial charge in [0.1, 0.15) is 12.3 Å². The van der Waals surface area contributed by atoms with Crippen molar-refractivity contribution in [2.45, 2.75) is 13.5 Å². The Hall–Kier alpha value is -2.81. The third-order valence-electron chi connectivity index (χ3n) is 2.79. The second-order valence-electron chi connectivity index (χ2n) is 4.54. The molecular formula is C14H16ClN5O4. The van der Waals surface area contributed by atoms with Crippen molar-refractivity contribution in [3.05, 3.63) is 29.4 Å². The van der Waals surface area contributed by atoms with Crippen molar-refractivity contribution < 1.29 is 19.1 Å². The highest BCUT2D eigenvalue weighted by Gasteiger charge is 2.11. The van der Waals surface area contributed by atoms with Crippen LogP contribution in [0.1, 0.15) is 6.92 Å². The van der Waals surface area contributed by atoms with Crippen LogP contribution in [0.25, 0.3) is 0 Å². The van der Waals surface area contributed by atoms with E-state index in [0.29, 0.717) is 16.5 Å². The molecule has 0 spiro atoms. The Morgan fingerprint density at radius 2 is 2.12 bits per heavy atom. The van der Waals surface area contributed by atoms with Crippen LogP contribution >= 0.6 is 11.6 Å². The van der Waals surface area contributed by atoms with Gasteiger partial charge in [0.2, 0.25) is 5.91 Å². The zero-order valence-electron chi connectivity index (χ0n) is 13.1. The molecular weight excluding hydrogens is 338 g/mol. The molecule has 2 aromatic rings. The van der Waals surface area contributed by atoms with Crippen LogP contribution in [0.2, 0.25) is 5.02 Å². The minimum Gasteiger partial charge on any atom is -0.495 e. The highest BCUT2D eigenvalue weighted by atomic mass is 35.5. The van der Waals surface area contributed by atoms with Gasteiger partial charge in [0.15, 0.2) is 5.82 Å². The third-order valence-corrected chi connectivity index (χ3v) is 3.02. The summed E-state index contributed by atoms with van der Waals surface area (Å²) >= 11 is 5.91. The molecule has 0 radical (unpaired) electrons. The van der Waals surface area contributed by atoms with Gasteiger partial charge in [-0.3, -0.25) is 10.1 Å². The van der Waals surface area contributed by atoms with Crippen LogP contribution in [0.3, 0.4) is 0 Å². The molecule has 1 aromatic carbocycles. The average Bonchev–Trinajstić information content (AvgIpc) is 2.94. The van der Waals surface area contributed by atoms with E-state index in [2.05, 4.69) is 20.9 Å². The Morgan fingerprint density at radius 3 is 2.83 bits per heavy atom. The molecule has 2 N–H and O–H groups in total. The highest BCUT2D eigenvalue weighted by Crippen LogP contribution is 2.27. The molecule has 0 fully saturated rings. The molecule has 0 bridgehead atoms. The Morgan fingerprint density at radius 1 is 1.33 bits per heavy atom. The first-order valence-electron chi connectivity index (χ1n) is 6.99. The third kappa shape index (κ3) is 4.85. The van der Waals surface area contributed by atoms with Gasteiger partial charge in [0, 0.05) is 5.02 Å². The summed E-state index contributed by atoms with van der Waals surface area (Å²) in [5.74, 6) is 0.306. The lowest BCUT2D eigenvalue weighted by Gasteiger charge is -2.10. The smallest absolute Gasteiger partial charge is 0.412 e. The van der Waals surface area contributed by atoms with Gasteiger partial charge in [0.25, 0.3) is 0 Å². The van der Waals surface area contributed by atoms with Crippen molar-refractivity contribution in [3.8, 4) is 5.75 Å². The lowest BCUT2D eigenvalue weighted by atomic mass is 10.3. The fraction of sp³-hybridized carbons (Fsp3) is 0.286. The number of benzene rings is 1. The van der Waals surface area contributed by atoms with Crippen molar-refractivity contribution in [1.82, 2.24) is 15.0 Å². The summed E-state index contributed by atoms with van der Waals surface area (Å²) in [5, 5.41) is 13.0. The van der Waals surface area contributed by atoms with E-state index in [4.69, 9.17) is 21.1 Å². The molecule has 0 unspecified atom stereocenters. The van der Waals surface area contributed by atoms with Crippen molar-refractivity contribution in [3.63, 3.8) is 0 Å². The second-order valence-corrected chi connectivity index (χ2v) is 4.98. The molecule has 128 valence electrons. The molecule has 0 atom stereocenters. The summed E-state index contributed by atoms with van der Waals surface area (Å²) in [7, 11) is 1.49. The van der Waals surface area contributed by atoms with E-state index < -0.39 is 6.09 Å². The summed E-state index contributed by atoms with van der Waals surface area (Å²) in [6, 6.07) is 4.88. The van der Waals surface area contributed by atoms with Gasteiger partial charge in [-0.25, -0.2) is 9.48 Å². The Bertz CT molecular complexity index is 734. The molecule has 2 amide bonds. The van der Waals surface area contributed by atoms with Crippen LogP contribution in [0, 0.1) is 0 Å². The van der Waals surface area contributed by atoms with Crippen LogP contribution in [-0.2, 0) is 16.1 Å². The zero-order chi connectivity index (χ0) is 17.5. The number of methoxy groups -OCH3 is 1. The quantitative estimate of drug-likeness (QED) is 0.823. The lowest BCUT2D eigenvalue weighted by Crippen LogP contribution is -2.19. The van der Waals surface area contributed by atoms with E-state index in [1.54, 1.807) is 25.1 Å². The first-order valence-corrected chi connectivity index (χ1v) is 7.37. The molecule has 1 heterocycles. The number of amides is 2. The monoisotopic (exact) mass is 353 g/mol. The summed E-state index contributed by atoms with van der Waals surface area (Å²) in [6.07, 6.45) is 0.767. The van der Waals surface area contributed by atoms with E-state index >= 15 is 0 Å². The summed E-state index contributed by atoms with van der Waals surface area (Å²) in [4.78, 5) is 23.4. The van der Waals surface area contributed by atoms with E-state index in [9.17, 15) is 9.59 Å². The molecule has 10 heteroatoms. The molecule has 1 aromatic heterocycles. The number of rotatable bonds is 6. The number of carbonyl (C=O) groups excluding carboxylic acids is 2. The lowest BCUT2D eigenvalue weighted by molar-refractivity contribution is -0.116. The van der Waals surface area contributed by atoms with Crippen LogP contribution in [0.15, 0.2) is 24.4 Å². The minimum absolute atomic E-state index is 0.104. The molecule has 0 saturated heterocycles. The van der Waals surface area contributed by atoms with Crippen molar-refractivity contribution in [2.75, 3.05) is 24.4 Å². The van der Waals surface area contributed by atoms with Gasteiger partial charge in [0.05, 0.1) is 25.6 Å². The number of carbonyl (C=O) groups is 2. The largest absolute Gasteiger partial charge is 0.495 e. The number of hydrogen-bond acceptors (Lipinski definition) is 6. The first kappa shape index (κ1) is 17.5. The van der Waals surface area contributed by atoms with Crippen molar-refractivity contribution >= 4 is 35.1 Å². The number of aromatic nitrogens is 3. The molecule has 24 heavy (non-hydrogen) atoms. The van der Waals surface area contributed by atoms with Gasteiger partial charge in [-0.1, -0.05) is 16.8 Å². The summed E-state index contributed by atoms with van der Waals surface area (Å²) in [6.45, 7) is 1.82. The van der Waals surface area contributed by atoms with E-state index in [-0.39, 0.29) is 24.9 Å². The maximum Gasteiger partial charge on any atom is 0.412 e. The molecule has 9 nitrogen and oxygen atoms in total. The zero-order valence-corrected chi connectivity index (χ0v) is 13.8. The Labute approximate surface area is 142 Å². The topological polar surface area (TPSA) is 107 Å². The molecule has 2 rings (SSSR count). The standard InChI is InChI=1S/C14H16ClN5O4/c1-3-24-14(22)17-12-7-20(19-18-12)8-13(21)16-10-6-9(15)4-5-11(10)23-2/h4-7H,3,8H2,1-2H3,(H,16,21)(H,17,22). The maximum absolute atomic E-state index is 12.1. The van der Waals surface area contributed by atoms with E-state index in [1.807, 2.05) is 0 Å². The SMILES string of the molecule is CCOC(=O)Nc1cn(CC(=O)Nc2cc(Cl)ccc2OC)nn1. The average molecular weight is 354 g/mol. The van der Waals surface area contributed by atoms with Crippen LogP contribution in [0.5, 0.6) is 5.75 Å². The van der Waals surface area contributed by atoms with Gasteiger partial charge in [-0.05, 0) is 25.1 Å². The predicted octanol–water partition coefficient (Wildman–Crippen LogP) is 2.15. The molecule has 0 aliphatic rings. The normalized spacial score (nSPS) is 10.1. The number of ether oxygens (including phenoxy) is 2. The summed E-state index contributed by atoms with van der Waals surface area (Å²) < 4.78 is 11.1. The number of hydrogen-bond donors (Lipinski definition) is 2. The molecule has 0 saturated carbocycles. The van der Waals surface area contributed by atoms with Crippen molar-refractivity contribution in [2.24, 2.45) is 0 Å². The number of nitrogens with zero attached hydrogens (tertiary/aromatic N) is 3. The number of halogens is 1. The maximum atomic E-state index is 12.1. The predicted molar refractivity (Wildman–Crippen MR) is 87.3 cm³/mol. The van der Waals surface area contributed by atoms with E-state index in [0.717, 1.165) is 0 Å². The first-order chi connectivity index (χ1) is 11.5. The van der Waals surface area contributed by atoms with Gasteiger partial charge < -0.3 is 14.8 Å². The second kappa shape index (κ2) is 8.16. The van der Waals surface area contributed by atoms with Gasteiger partial charge in [-0.15, -0.1) is 5.10 Å². The van der Waals surface area contributed by atoms with Crippen LogP contribution in [-0.4, -0.2) is 40.7 Å². The van der Waals surface area contributed by atoms with Crippen LogP contribution in [0.4, 0.5) is 16.3 Å². The summed E-state index contributed by atoms with van der Waals surface area (Å²) in [5.41, 5.74) is 0.444. The van der Waals surface area contributed by atoms with Crippen LogP contribution < -0.4 is 15.4 Å². The fourth-order valence-electron chi connectivity index (χ4n) is 1.82. The molecule has 0 aliphatic carbocycles. The van der Waals surface area contributed by atoms with Crippen molar-refractivity contribution in [1.29, 1.82) is 0 Å². The number of anilines is 2. The molecule has 0 aliphatic heterocycles. The Balaban J connectivity index is 1.97. The van der Waals surface area contributed by atoms with Gasteiger partial charge in [-0.2, -0.15) is 0 Å². The van der Waals surface area contributed by atoms with E-state index in [1.165, 1.54) is 18.0 Å². The van der Waals surface area contributed by atoms with Gasteiger partial charge >= 0.3 is 6.09 Å². The number of nitrogens with one attached hydrogen (secondary N) is 2. The minimum atomic E-state index is -0.641. The highest BCUT2D eigenvalue weighted by molar-refractivity contribution is 6.31. The fourth-order valence-corrected chi connectivity index (χ4v) is 1.99.